The van der Waals surface area contributed by atoms with Gasteiger partial charge in [-0.25, -0.2) is 9.37 Å². The molecule has 140 valence electrons. The molecule has 7 heteroatoms. The fourth-order valence-corrected chi connectivity index (χ4v) is 3.35. The Morgan fingerprint density at radius 3 is 2.70 bits per heavy atom. The number of halogens is 1. The van der Waals surface area contributed by atoms with Gasteiger partial charge >= 0.3 is 5.97 Å². The normalized spacial score (nSPS) is 10.9. The van der Waals surface area contributed by atoms with Gasteiger partial charge in [-0.2, -0.15) is 0 Å². The quantitative estimate of drug-likeness (QED) is 0.266. The second-order valence-electron chi connectivity index (χ2n) is 5.87. The number of ether oxygens (including phenoxy) is 1. The molecule has 5 nitrogen and oxygen atoms in total. The van der Waals surface area contributed by atoms with Crippen LogP contribution in [0.2, 0.25) is 0 Å². The van der Waals surface area contributed by atoms with Gasteiger partial charge in [0, 0.05) is 0 Å². The van der Waals surface area contributed by atoms with Crippen molar-refractivity contribution >= 4 is 28.6 Å². The van der Waals surface area contributed by atoms with E-state index >= 15 is 0 Å². The van der Waals surface area contributed by atoms with Gasteiger partial charge in [0.1, 0.15) is 5.82 Å². The Morgan fingerprint density at radius 1 is 1.19 bits per heavy atom. The van der Waals surface area contributed by atoms with Gasteiger partial charge in [0.05, 0.1) is 29.0 Å². The smallest absolute Gasteiger partial charge is 0.316 e. The summed E-state index contributed by atoms with van der Waals surface area (Å²) in [7, 11) is 0. The first kappa shape index (κ1) is 19.1. The zero-order valence-electron chi connectivity index (χ0n) is 14.9. The predicted octanol–water partition coefficient (Wildman–Crippen LogP) is 3.96. The van der Waals surface area contributed by atoms with E-state index in [9.17, 15) is 14.0 Å². The van der Waals surface area contributed by atoms with Crippen LogP contribution in [0.3, 0.4) is 0 Å². The van der Waals surface area contributed by atoms with E-state index in [1.165, 1.54) is 16.7 Å². The highest BCUT2D eigenvalue weighted by Gasteiger charge is 2.17. The summed E-state index contributed by atoms with van der Waals surface area (Å²) in [5.41, 5.74) is 0.215. The molecule has 0 aliphatic rings. The summed E-state index contributed by atoms with van der Waals surface area (Å²) in [6.07, 6.45) is 1.73. The molecule has 0 radical (unpaired) electrons. The van der Waals surface area contributed by atoms with Gasteiger partial charge < -0.3 is 4.74 Å². The molecule has 0 amide bonds. The number of carbonyl (C=O) groups is 1. The molecule has 27 heavy (non-hydrogen) atoms. The summed E-state index contributed by atoms with van der Waals surface area (Å²) in [4.78, 5) is 29.4. The molecule has 1 heterocycles. The lowest BCUT2D eigenvalue weighted by Crippen LogP contribution is -2.23. The van der Waals surface area contributed by atoms with Gasteiger partial charge in [-0.3, -0.25) is 14.2 Å². The van der Waals surface area contributed by atoms with Crippen LogP contribution in [-0.2, 0) is 9.53 Å². The van der Waals surface area contributed by atoms with Crippen LogP contribution in [0, 0.1) is 5.82 Å². The molecule has 2 aromatic carbocycles. The number of fused-ring (bicyclic) bond motifs is 1. The zero-order valence-corrected chi connectivity index (χ0v) is 15.7. The van der Waals surface area contributed by atoms with E-state index < -0.39 is 11.8 Å². The monoisotopic (exact) mass is 386 g/mol. The Morgan fingerprint density at radius 2 is 1.93 bits per heavy atom. The fourth-order valence-electron chi connectivity index (χ4n) is 2.55. The highest BCUT2D eigenvalue weighted by Crippen LogP contribution is 2.22. The van der Waals surface area contributed by atoms with Crippen molar-refractivity contribution < 1.29 is 13.9 Å². The maximum atomic E-state index is 14.4. The molecule has 1 aromatic heterocycles. The molecule has 3 rings (SSSR count). The second kappa shape index (κ2) is 8.81. The topological polar surface area (TPSA) is 61.2 Å². The first-order chi connectivity index (χ1) is 13.1. The average Bonchev–Trinajstić information content (AvgIpc) is 2.68. The molecular weight excluding hydrogens is 367 g/mol. The summed E-state index contributed by atoms with van der Waals surface area (Å²) in [5, 5.41) is 0.631. The number of aromatic nitrogens is 2. The van der Waals surface area contributed by atoms with E-state index in [0.717, 1.165) is 24.6 Å². The third-order valence-electron chi connectivity index (χ3n) is 3.92. The van der Waals surface area contributed by atoms with Crippen LogP contribution in [0.5, 0.6) is 0 Å². The number of para-hydroxylation sites is 2. The molecule has 0 fully saturated rings. The Labute approximate surface area is 160 Å². The van der Waals surface area contributed by atoms with E-state index in [2.05, 4.69) is 4.98 Å². The van der Waals surface area contributed by atoms with E-state index in [0.29, 0.717) is 17.5 Å². The van der Waals surface area contributed by atoms with Crippen LogP contribution in [-0.4, -0.2) is 27.9 Å². The standard InChI is InChI=1S/C20H19FN2O3S/c1-2-3-12-26-18(24)13-27-20-22-16-10-6-4-8-14(16)19(25)23(20)17-11-7-5-9-15(17)21/h4-11H,2-3,12-13H2,1H3. The van der Waals surface area contributed by atoms with Crippen molar-refractivity contribution in [3.63, 3.8) is 0 Å². The number of nitrogens with zero attached hydrogens (tertiary/aromatic N) is 2. The fraction of sp³-hybridized carbons (Fsp3) is 0.250. The largest absolute Gasteiger partial charge is 0.465 e. The number of unbranched alkanes of at least 4 members (excludes halogenated alkanes) is 1. The molecule has 0 saturated heterocycles. The summed E-state index contributed by atoms with van der Waals surface area (Å²) >= 11 is 1.06. The molecule has 0 spiro atoms. The van der Waals surface area contributed by atoms with Gasteiger partial charge in [0.2, 0.25) is 0 Å². The van der Waals surface area contributed by atoms with Crippen LogP contribution < -0.4 is 5.56 Å². The van der Waals surface area contributed by atoms with Crippen LogP contribution in [0.4, 0.5) is 4.39 Å². The number of benzene rings is 2. The molecule has 0 aliphatic carbocycles. The molecular formula is C20H19FN2O3S. The van der Waals surface area contributed by atoms with E-state index in [-0.39, 0.29) is 22.2 Å². The lowest BCUT2D eigenvalue weighted by atomic mass is 10.2. The van der Waals surface area contributed by atoms with Crippen molar-refractivity contribution in [3.8, 4) is 5.69 Å². The maximum Gasteiger partial charge on any atom is 0.316 e. The minimum Gasteiger partial charge on any atom is -0.465 e. The minimum atomic E-state index is -0.538. The van der Waals surface area contributed by atoms with Crippen molar-refractivity contribution in [2.45, 2.75) is 24.9 Å². The lowest BCUT2D eigenvalue weighted by molar-refractivity contribution is -0.140. The average molecular weight is 386 g/mol. The summed E-state index contributed by atoms with van der Waals surface area (Å²) in [6.45, 7) is 2.37. The molecule has 0 N–H and O–H groups in total. The van der Waals surface area contributed by atoms with E-state index in [4.69, 9.17) is 4.74 Å². The highest BCUT2D eigenvalue weighted by atomic mass is 32.2. The molecule has 0 atom stereocenters. The van der Waals surface area contributed by atoms with Crippen molar-refractivity contribution in [2.75, 3.05) is 12.4 Å². The Balaban J connectivity index is 2.00. The predicted molar refractivity (Wildman–Crippen MR) is 104 cm³/mol. The van der Waals surface area contributed by atoms with Crippen LogP contribution in [0.15, 0.2) is 58.5 Å². The minimum absolute atomic E-state index is 0.0110. The number of rotatable bonds is 7. The van der Waals surface area contributed by atoms with Gasteiger partial charge in [-0.15, -0.1) is 0 Å². The number of carbonyl (C=O) groups excluding carboxylic acids is 1. The Bertz CT molecular complexity index is 1020. The van der Waals surface area contributed by atoms with Gasteiger partial charge in [-0.05, 0) is 30.7 Å². The number of hydrogen-bond donors (Lipinski definition) is 0. The first-order valence-electron chi connectivity index (χ1n) is 8.67. The summed E-state index contributed by atoms with van der Waals surface area (Å²) < 4.78 is 20.7. The number of thioether (sulfide) groups is 1. The molecule has 0 aliphatic heterocycles. The van der Waals surface area contributed by atoms with Crippen molar-refractivity contribution in [2.24, 2.45) is 0 Å². The van der Waals surface area contributed by atoms with Gasteiger partial charge in [-0.1, -0.05) is 49.4 Å². The van der Waals surface area contributed by atoms with Gasteiger partial charge in [0.15, 0.2) is 5.16 Å². The maximum absolute atomic E-state index is 14.4. The highest BCUT2D eigenvalue weighted by molar-refractivity contribution is 7.99. The van der Waals surface area contributed by atoms with E-state index in [1.54, 1.807) is 36.4 Å². The lowest BCUT2D eigenvalue weighted by Gasteiger charge is -2.13. The third-order valence-corrected chi connectivity index (χ3v) is 4.83. The summed E-state index contributed by atoms with van der Waals surface area (Å²) in [6, 6.07) is 12.9. The van der Waals surface area contributed by atoms with Crippen LogP contribution >= 0.6 is 11.8 Å². The number of esters is 1. The molecule has 0 bridgehead atoms. The Hall–Kier alpha value is -2.67. The third kappa shape index (κ3) is 4.36. The second-order valence-corrected chi connectivity index (χ2v) is 6.81. The first-order valence-corrected chi connectivity index (χ1v) is 9.65. The van der Waals surface area contributed by atoms with E-state index in [1.807, 2.05) is 6.92 Å². The Kier molecular flexibility index (Phi) is 6.24. The van der Waals surface area contributed by atoms with Crippen molar-refractivity contribution in [1.29, 1.82) is 0 Å². The molecule has 0 unspecified atom stereocenters. The van der Waals surface area contributed by atoms with Crippen LogP contribution in [0.25, 0.3) is 16.6 Å². The molecule has 0 saturated carbocycles. The number of hydrogen-bond acceptors (Lipinski definition) is 5. The molecule has 3 aromatic rings. The van der Waals surface area contributed by atoms with Crippen LogP contribution in [0.1, 0.15) is 19.8 Å². The summed E-state index contributed by atoms with van der Waals surface area (Å²) in [5.74, 6) is -0.942. The zero-order chi connectivity index (χ0) is 19.2. The van der Waals surface area contributed by atoms with Crippen molar-refractivity contribution in [3.05, 3.63) is 64.7 Å². The SMILES string of the molecule is CCCCOC(=O)CSc1nc2ccccc2c(=O)n1-c1ccccc1F. The van der Waals surface area contributed by atoms with Crippen molar-refractivity contribution in [1.82, 2.24) is 9.55 Å². The van der Waals surface area contributed by atoms with Gasteiger partial charge in [0.25, 0.3) is 5.56 Å².